The fourth-order valence-corrected chi connectivity index (χ4v) is 2.07. The van der Waals surface area contributed by atoms with Crippen molar-refractivity contribution in [2.75, 3.05) is 17.7 Å². The molecular formula is C16H14N4O. The summed E-state index contributed by atoms with van der Waals surface area (Å²) in [6.07, 6.45) is 3.35. The molecule has 3 rings (SSSR count). The predicted octanol–water partition coefficient (Wildman–Crippen LogP) is 2.92. The number of hydrogen-bond acceptors (Lipinski definition) is 4. The fraction of sp³-hybridized carbons (Fsp3) is 0.0625. The first kappa shape index (κ1) is 13.1. The van der Waals surface area contributed by atoms with Crippen LogP contribution in [0.15, 0.2) is 54.9 Å². The van der Waals surface area contributed by atoms with Gasteiger partial charge in [0.05, 0.1) is 5.52 Å². The van der Waals surface area contributed by atoms with E-state index in [1.165, 1.54) is 0 Å². The van der Waals surface area contributed by atoms with Crippen molar-refractivity contribution in [2.45, 2.75) is 0 Å². The van der Waals surface area contributed by atoms with Crippen LogP contribution in [0.25, 0.3) is 10.9 Å². The number of carbonyl (C=O) groups excluding carboxylic acids is 1. The lowest BCUT2D eigenvalue weighted by molar-refractivity contribution is 0.102. The second-order valence-corrected chi connectivity index (χ2v) is 4.54. The number of fused-ring (bicyclic) bond motifs is 1. The van der Waals surface area contributed by atoms with E-state index in [9.17, 15) is 4.79 Å². The number of aromatic nitrogens is 2. The van der Waals surface area contributed by atoms with Crippen molar-refractivity contribution in [3.05, 3.63) is 60.4 Å². The summed E-state index contributed by atoms with van der Waals surface area (Å²) < 4.78 is 0. The van der Waals surface area contributed by atoms with Crippen molar-refractivity contribution in [3.63, 3.8) is 0 Å². The minimum atomic E-state index is -0.169. The normalized spacial score (nSPS) is 10.3. The highest BCUT2D eigenvalue weighted by Crippen LogP contribution is 2.18. The zero-order valence-electron chi connectivity index (χ0n) is 11.5. The molecule has 2 N–H and O–H groups in total. The van der Waals surface area contributed by atoms with Gasteiger partial charge in [0.15, 0.2) is 0 Å². The van der Waals surface area contributed by atoms with Gasteiger partial charge in [0.2, 0.25) is 0 Å². The molecular weight excluding hydrogens is 264 g/mol. The number of pyridine rings is 2. The summed E-state index contributed by atoms with van der Waals surface area (Å²) in [6, 6.07) is 12.8. The van der Waals surface area contributed by atoms with E-state index in [0.717, 1.165) is 16.6 Å². The van der Waals surface area contributed by atoms with Crippen LogP contribution in [0.2, 0.25) is 0 Å². The first-order chi connectivity index (χ1) is 10.3. The molecule has 0 spiro atoms. The molecule has 3 aromatic rings. The Hall–Kier alpha value is -2.95. The molecule has 21 heavy (non-hydrogen) atoms. The number of hydrogen-bond donors (Lipinski definition) is 2. The first-order valence-corrected chi connectivity index (χ1v) is 6.56. The fourth-order valence-electron chi connectivity index (χ4n) is 2.07. The van der Waals surface area contributed by atoms with Gasteiger partial charge < -0.3 is 10.6 Å². The van der Waals surface area contributed by atoms with Gasteiger partial charge in [-0.3, -0.25) is 9.78 Å². The zero-order chi connectivity index (χ0) is 14.7. The van der Waals surface area contributed by atoms with E-state index in [-0.39, 0.29) is 5.91 Å². The maximum absolute atomic E-state index is 12.2. The van der Waals surface area contributed by atoms with Crippen LogP contribution in [0.3, 0.4) is 0 Å². The van der Waals surface area contributed by atoms with E-state index in [4.69, 9.17) is 0 Å². The molecule has 0 aliphatic heterocycles. The maximum Gasteiger partial charge on any atom is 0.255 e. The van der Waals surface area contributed by atoms with E-state index in [1.54, 1.807) is 31.6 Å². The molecule has 0 atom stereocenters. The van der Waals surface area contributed by atoms with E-state index in [0.29, 0.717) is 11.4 Å². The number of anilines is 2. The van der Waals surface area contributed by atoms with Crippen molar-refractivity contribution < 1.29 is 4.79 Å². The van der Waals surface area contributed by atoms with Crippen molar-refractivity contribution >= 4 is 28.3 Å². The average molecular weight is 278 g/mol. The molecule has 0 saturated carbocycles. The van der Waals surface area contributed by atoms with Crippen LogP contribution in [0, 0.1) is 0 Å². The predicted molar refractivity (Wildman–Crippen MR) is 83.5 cm³/mol. The Balaban J connectivity index is 1.85. The lowest BCUT2D eigenvalue weighted by Crippen LogP contribution is -2.12. The standard InChI is InChI=1S/C16H14N4O/c1-17-15-10-12(6-8-19-15)16(21)20-13-4-5-14-11(9-13)3-2-7-18-14/h2-10H,1H3,(H,17,19)(H,20,21). The summed E-state index contributed by atoms with van der Waals surface area (Å²) in [5, 5.41) is 6.78. The van der Waals surface area contributed by atoms with Crippen LogP contribution in [0.4, 0.5) is 11.5 Å². The van der Waals surface area contributed by atoms with Crippen LogP contribution >= 0.6 is 0 Å². The van der Waals surface area contributed by atoms with Gasteiger partial charge in [-0.15, -0.1) is 0 Å². The number of carbonyl (C=O) groups is 1. The molecule has 1 amide bonds. The first-order valence-electron chi connectivity index (χ1n) is 6.56. The smallest absolute Gasteiger partial charge is 0.255 e. The third-order valence-electron chi connectivity index (χ3n) is 3.14. The Morgan fingerprint density at radius 2 is 1.95 bits per heavy atom. The number of benzene rings is 1. The van der Waals surface area contributed by atoms with Crippen molar-refractivity contribution in [1.82, 2.24) is 9.97 Å². The van der Waals surface area contributed by atoms with Crippen LogP contribution in [0.1, 0.15) is 10.4 Å². The minimum absolute atomic E-state index is 0.169. The molecule has 2 heterocycles. The summed E-state index contributed by atoms with van der Waals surface area (Å²) in [5.41, 5.74) is 2.20. The van der Waals surface area contributed by atoms with E-state index < -0.39 is 0 Å². The Labute approximate surface area is 122 Å². The molecule has 0 aliphatic rings. The lowest BCUT2D eigenvalue weighted by Gasteiger charge is -2.07. The molecule has 0 fully saturated rings. The summed E-state index contributed by atoms with van der Waals surface area (Å²) in [4.78, 5) is 20.6. The van der Waals surface area contributed by atoms with Crippen molar-refractivity contribution in [1.29, 1.82) is 0 Å². The molecule has 0 unspecified atom stereocenters. The second kappa shape index (κ2) is 5.58. The van der Waals surface area contributed by atoms with E-state index in [2.05, 4.69) is 20.6 Å². The molecule has 2 aromatic heterocycles. The van der Waals surface area contributed by atoms with E-state index in [1.807, 2.05) is 30.3 Å². The number of amides is 1. The molecule has 0 radical (unpaired) electrons. The summed E-state index contributed by atoms with van der Waals surface area (Å²) in [5.74, 6) is 0.488. The highest BCUT2D eigenvalue weighted by molar-refractivity contribution is 6.05. The lowest BCUT2D eigenvalue weighted by atomic mass is 10.2. The van der Waals surface area contributed by atoms with Crippen molar-refractivity contribution in [2.24, 2.45) is 0 Å². The molecule has 0 aliphatic carbocycles. The number of nitrogens with zero attached hydrogens (tertiary/aromatic N) is 2. The van der Waals surface area contributed by atoms with Crippen LogP contribution < -0.4 is 10.6 Å². The van der Waals surface area contributed by atoms with Gasteiger partial charge in [-0.2, -0.15) is 0 Å². The summed E-state index contributed by atoms with van der Waals surface area (Å²) in [6.45, 7) is 0. The Morgan fingerprint density at radius 3 is 2.81 bits per heavy atom. The maximum atomic E-state index is 12.2. The average Bonchev–Trinajstić information content (AvgIpc) is 2.54. The SMILES string of the molecule is CNc1cc(C(=O)Nc2ccc3ncccc3c2)ccn1. The van der Waals surface area contributed by atoms with Crippen molar-refractivity contribution in [3.8, 4) is 0 Å². The third-order valence-corrected chi connectivity index (χ3v) is 3.14. The monoisotopic (exact) mass is 278 g/mol. The third kappa shape index (κ3) is 2.81. The van der Waals surface area contributed by atoms with Gasteiger partial charge in [-0.25, -0.2) is 4.98 Å². The van der Waals surface area contributed by atoms with Gasteiger partial charge >= 0.3 is 0 Å². The van der Waals surface area contributed by atoms with E-state index >= 15 is 0 Å². The molecule has 5 nitrogen and oxygen atoms in total. The highest BCUT2D eigenvalue weighted by Gasteiger charge is 2.07. The largest absolute Gasteiger partial charge is 0.373 e. The van der Waals surface area contributed by atoms with Gasteiger partial charge in [-0.1, -0.05) is 6.07 Å². The number of rotatable bonds is 3. The Kier molecular flexibility index (Phi) is 3.47. The van der Waals surface area contributed by atoms with Crippen LogP contribution in [-0.4, -0.2) is 22.9 Å². The molecule has 0 saturated heterocycles. The molecule has 104 valence electrons. The molecule has 5 heteroatoms. The van der Waals surface area contributed by atoms with Crippen LogP contribution in [-0.2, 0) is 0 Å². The van der Waals surface area contributed by atoms with Gasteiger partial charge in [-0.05, 0) is 36.4 Å². The summed E-state index contributed by atoms with van der Waals surface area (Å²) >= 11 is 0. The topological polar surface area (TPSA) is 66.9 Å². The Bertz CT molecular complexity index is 801. The quantitative estimate of drug-likeness (QED) is 0.773. The molecule has 0 bridgehead atoms. The highest BCUT2D eigenvalue weighted by atomic mass is 16.1. The molecule has 1 aromatic carbocycles. The van der Waals surface area contributed by atoms with Gasteiger partial charge in [0.1, 0.15) is 5.82 Å². The zero-order valence-corrected chi connectivity index (χ0v) is 11.5. The Morgan fingerprint density at radius 1 is 1.05 bits per heavy atom. The summed E-state index contributed by atoms with van der Waals surface area (Å²) in [7, 11) is 1.76. The van der Waals surface area contributed by atoms with Gasteiger partial charge in [0.25, 0.3) is 5.91 Å². The number of nitrogens with one attached hydrogen (secondary N) is 2. The van der Waals surface area contributed by atoms with Gasteiger partial charge in [0, 0.05) is 36.1 Å². The second-order valence-electron chi connectivity index (χ2n) is 4.54. The minimum Gasteiger partial charge on any atom is -0.373 e. The van der Waals surface area contributed by atoms with Crippen LogP contribution in [0.5, 0.6) is 0 Å².